The van der Waals surface area contributed by atoms with Gasteiger partial charge in [-0.3, -0.25) is 19.9 Å². The van der Waals surface area contributed by atoms with E-state index in [1.54, 1.807) is 73.1 Å². The van der Waals surface area contributed by atoms with Gasteiger partial charge in [-0.2, -0.15) is 5.10 Å². The maximum atomic E-state index is 15.3. The summed E-state index contributed by atoms with van der Waals surface area (Å²) in [6.45, 7) is 0. The van der Waals surface area contributed by atoms with Crippen LogP contribution in [0.1, 0.15) is 10.4 Å². The van der Waals surface area contributed by atoms with Crippen molar-refractivity contribution in [3.8, 4) is 33.9 Å². The van der Waals surface area contributed by atoms with Crippen molar-refractivity contribution in [3.05, 3.63) is 115 Å². The predicted molar refractivity (Wildman–Crippen MR) is 152 cm³/mol. The number of pyridine rings is 2. The minimum atomic E-state index is -0.514. The maximum Gasteiger partial charge on any atom is 0.255 e. The van der Waals surface area contributed by atoms with E-state index in [0.29, 0.717) is 61.6 Å². The highest BCUT2D eigenvalue weighted by atomic mass is 19.1. The lowest BCUT2D eigenvalue weighted by Crippen LogP contribution is -2.11. The molecule has 1 amide bonds. The summed E-state index contributed by atoms with van der Waals surface area (Å²) in [5, 5.41) is 10.4. The zero-order chi connectivity index (χ0) is 27.9. The molecule has 8 nitrogen and oxygen atoms in total. The highest BCUT2D eigenvalue weighted by molar-refractivity contribution is 6.04. The molecule has 198 valence electrons. The van der Waals surface area contributed by atoms with E-state index in [0.717, 1.165) is 0 Å². The number of halogens is 2. The number of amides is 1. The van der Waals surface area contributed by atoms with Crippen LogP contribution in [0.5, 0.6) is 0 Å². The van der Waals surface area contributed by atoms with Crippen molar-refractivity contribution in [2.75, 3.05) is 5.32 Å². The van der Waals surface area contributed by atoms with Gasteiger partial charge in [0.1, 0.15) is 34.1 Å². The molecule has 0 spiro atoms. The van der Waals surface area contributed by atoms with Crippen molar-refractivity contribution in [2.24, 2.45) is 0 Å². The van der Waals surface area contributed by atoms with Gasteiger partial charge in [0.05, 0.1) is 17.4 Å². The number of carbonyl (C=O) groups is 1. The Morgan fingerprint density at radius 3 is 2.51 bits per heavy atom. The molecule has 0 aliphatic carbocycles. The van der Waals surface area contributed by atoms with Gasteiger partial charge in [0.15, 0.2) is 5.82 Å². The minimum absolute atomic E-state index is 0.207. The molecule has 4 heterocycles. The number of aromatic nitrogens is 6. The predicted octanol–water partition coefficient (Wildman–Crippen LogP) is 6.76. The van der Waals surface area contributed by atoms with Crippen molar-refractivity contribution >= 4 is 33.5 Å². The Balaban J connectivity index is 1.28. The largest absolute Gasteiger partial charge is 0.336 e. The van der Waals surface area contributed by atoms with Crippen LogP contribution in [0, 0.1) is 11.6 Å². The van der Waals surface area contributed by atoms with Crippen LogP contribution in [0.15, 0.2) is 97.5 Å². The van der Waals surface area contributed by atoms with Gasteiger partial charge in [-0.25, -0.2) is 13.8 Å². The number of anilines is 1. The molecule has 0 unspecified atom stereocenters. The number of carbonyl (C=O) groups excluding carboxylic acids is 1. The molecule has 4 aromatic heterocycles. The summed E-state index contributed by atoms with van der Waals surface area (Å²) in [7, 11) is 0. The summed E-state index contributed by atoms with van der Waals surface area (Å²) in [6, 6.07) is 21.8. The zero-order valence-corrected chi connectivity index (χ0v) is 21.2. The summed E-state index contributed by atoms with van der Waals surface area (Å²) in [5.41, 5.74) is 4.50. The molecule has 0 fully saturated rings. The third-order valence-corrected chi connectivity index (χ3v) is 6.74. The molecule has 0 aliphatic rings. The molecule has 41 heavy (non-hydrogen) atoms. The Kier molecular flexibility index (Phi) is 5.78. The zero-order valence-electron chi connectivity index (χ0n) is 21.2. The molecule has 0 saturated heterocycles. The molecule has 7 rings (SSSR count). The standard InChI is InChI=1S/C31H19F2N7O/c32-23-9-5-4-8-21(23)27-29-25(10-11-35-27)37-30(38-29)28-22-13-18(14-24(33)26(22)39-40-28)19-12-20(16-34-15-19)36-31(41)17-6-2-1-3-7-17/h1-16H,(H,36,41)(H,37,38)(H,39,40). The molecule has 0 atom stereocenters. The average molecular weight is 544 g/mol. The summed E-state index contributed by atoms with van der Waals surface area (Å²) in [6.07, 6.45) is 4.69. The van der Waals surface area contributed by atoms with Gasteiger partial charge >= 0.3 is 0 Å². The molecule has 7 aromatic rings. The number of rotatable bonds is 5. The number of fused-ring (bicyclic) bond motifs is 2. The number of H-pyrrole nitrogens is 2. The lowest BCUT2D eigenvalue weighted by Gasteiger charge is -2.08. The summed E-state index contributed by atoms with van der Waals surface area (Å²) < 4.78 is 29.8. The Morgan fingerprint density at radius 1 is 0.829 bits per heavy atom. The van der Waals surface area contributed by atoms with Gasteiger partial charge in [-0.1, -0.05) is 30.3 Å². The fraction of sp³-hybridized carbons (Fsp3) is 0. The minimum Gasteiger partial charge on any atom is -0.336 e. The third kappa shape index (κ3) is 4.37. The Hall–Kier alpha value is -5.77. The normalized spacial score (nSPS) is 11.3. The number of benzene rings is 3. The van der Waals surface area contributed by atoms with Gasteiger partial charge in [0, 0.05) is 34.5 Å². The maximum absolute atomic E-state index is 15.3. The molecular formula is C31H19F2N7O. The van der Waals surface area contributed by atoms with Crippen LogP contribution in [-0.4, -0.2) is 36.0 Å². The van der Waals surface area contributed by atoms with Gasteiger partial charge in [-0.05, 0) is 54.1 Å². The van der Waals surface area contributed by atoms with Gasteiger partial charge in [0.2, 0.25) is 0 Å². The smallest absolute Gasteiger partial charge is 0.255 e. The molecular weight excluding hydrogens is 524 g/mol. The highest BCUT2D eigenvalue weighted by Crippen LogP contribution is 2.34. The first-order chi connectivity index (χ1) is 20.0. The molecule has 3 aromatic carbocycles. The van der Waals surface area contributed by atoms with E-state index in [-0.39, 0.29) is 11.4 Å². The number of imidazole rings is 1. The molecule has 0 aliphatic heterocycles. The summed E-state index contributed by atoms with van der Waals surface area (Å²) >= 11 is 0. The Morgan fingerprint density at radius 2 is 1.66 bits per heavy atom. The number of hydrogen-bond acceptors (Lipinski definition) is 5. The van der Waals surface area contributed by atoms with E-state index >= 15 is 4.39 Å². The fourth-order valence-corrected chi connectivity index (χ4v) is 4.78. The number of nitrogens with one attached hydrogen (secondary N) is 3. The van der Waals surface area contributed by atoms with Gasteiger partial charge in [-0.15, -0.1) is 0 Å². The van der Waals surface area contributed by atoms with E-state index in [4.69, 9.17) is 0 Å². The van der Waals surface area contributed by atoms with Gasteiger partial charge in [0.25, 0.3) is 5.91 Å². The van der Waals surface area contributed by atoms with Gasteiger partial charge < -0.3 is 10.3 Å². The van der Waals surface area contributed by atoms with E-state index < -0.39 is 11.6 Å². The first-order valence-electron chi connectivity index (χ1n) is 12.6. The SMILES string of the molecule is O=C(Nc1cncc(-c2cc(F)c3[nH]nc(-c4nc5c(-c6ccccc6F)nccc5[nH]4)c3c2)c1)c1ccccc1. The highest BCUT2D eigenvalue weighted by Gasteiger charge is 2.19. The van der Waals surface area contributed by atoms with E-state index in [1.807, 2.05) is 6.07 Å². The molecule has 0 radical (unpaired) electrons. The van der Waals surface area contributed by atoms with E-state index in [1.165, 1.54) is 18.3 Å². The first kappa shape index (κ1) is 24.3. The molecule has 0 bridgehead atoms. The topological polar surface area (TPSA) is 112 Å². The van der Waals surface area contributed by atoms with Crippen LogP contribution in [0.2, 0.25) is 0 Å². The molecule has 0 saturated carbocycles. The lowest BCUT2D eigenvalue weighted by molar-refractivity contribution is 0.102. The third-order valence-electron chi connectivity index (χ3n) is 6.74. The van der Waals surface area contributed by atoms with Crippen molar-refractivity contribution in [3.63, 3.8) is 0 Å². The average Bonchev–Trinajstić information content (AvgIpc) is 3.63. The van der Waals surface area contributed by atoms with Crippen LogP contribution >= 0.6 is 0 Å². The van der Waals surface area contributed by atoms with Crippen LogP contribution < -0.4 is 5.32 Å². The summed E-state index contributed by atoms with van der Waals surface area (Å²) in [4.78, 5) is 29.1. The number of hydrogen-bond donors (Lipinski definition) is 3. The van der Waals surface area contributed by atoms with Crippen molar-refractivity contribution in [1.82, 2.24) is 30.1 Å². The van der Waals surface area contributed by atoms with Crippen molar-refractivity contribution in [2.45, 2.75) is 0 Å². The van der Waals surface area contributed by atoms with Crippen LogP contribution in [0.3, 0.4) is 0 Å². The first-order valence-corrected chi connectivity index (χ1v) is 12.6. The second-order valence-corrected chi connectivity index (χ2v) is 9.36. The quantitative estimate of drug-likeness (QED) is 0.222. The van der Waals surface area contributed by atoms with Crippen LogP contribution in [0.4, 0.5) is 14.5 Å². The molecule has 3 N–H and O–H groups in total. The molecule has 10 heteroatoms. The van der Waals surface area contributed by atoms with E-state index in [9.17, 15) is 9.18 Å². The fourth-order valence-electron chi connectivity index (χ4n) is 4.78. The Bertz CT molecular complexity index is 2090. The van der Waals surface area contributed by atoms with E-state index in [2.05, 4.69) is 35.5 Å². The number of nitrogens with zero attached hydrogens (tertiary/aromatic N) is 4. The Labute approximate surface area is 231 Å². The van der Waals surface area contributed by atoms with Crippen molar-refractivity contribution in [1.29, 1.82) is 0 Å². The van der Waals surface area contributed by atoms with Crippen LogP contribution in [-0.2, 0) is 0 Å². The second kappa shape index (κ2) is 9.76. The number of aromatic amines is 2. The monoisotopic (exact) mass is 543 g/mol. The summed E-state index contributed by atoms with van der Waals surface area (Å²) in [5.74, 6) is -0.836. The van der Waals surface area contributed by atoms with Crippen LogP contribution in [0.25, 0.3) is 55.8 Å². The second-order valence-electron chi connectivity index (χ2n) is 9.36. The lowest BCUT2D eigenvalue weighted by atomic mass is 10.0. The van der Waals surface area contributed by atoms with Crippen molar-refractivity contribution < 1.29 is 13.6 Å².